The van der Waals surface area contributed by atoms with E-state index >= 15 is 0 Å². The molecule has 2 rings (SSSR count). The first kappa shape index (κ1) is 15.4. The lowest BCUT2D eigenvalue weighted by atomic mass is 10.3. The zero-order valence-electron chi connectivity index (χ0n) is 10.8. The smallest absolute Gasteiger partial charge is 0.222 e. The van der Waals surface area contributed by atoms with E-state index in [4.69, 9.17) is 16.3 Å². The summed E-state index contributed by atoms with van der Waals surface area (Å²) in [6.45, 7) is 0.0387. The summed E-state index contributed by atoms with van der Waals surface area (Å²) in [4.78, 5) is 7.78. The molecule has 5 nitrogen and oxygen atoms in total. The molecule has 0 saturated heterocycles. The zero-order valence-corrected chi connectivity index (χ0v) is 11.5. The van der Waals surface area contributed by atoms with Crippen molar-refractivity contribution >= 4 is 17.5 Å². The fourth-order valence-electron chi connectivity index (χ4n) is 1.43. The first-order valence-electron chi connectivity index (χ1n) is 6.02. The second kappa shape index (κ2) is 7.14. The van der Waals surface area contributed by atoms with E-state index in [2.05, 4.69) is 15.3 Å². The maximum atomic E-state index is 12.9. The summed E-state index contributed by atoms with van der Waals surface area (Å²) in [5, 5.41) is 12.9. The highest BCUT2D eigenvalue weighted by molar-refractivity contribution is 6.30. The number of nitrogens with one attached hydrogen (secondary N) is 1. The molecule has 0 aliphatic rings. The van der Waals surface area contributed by atoms with E-state index in [1.54, 1.807) is 0 Å². The molecule has 0 bridgehead atoms. The fraction of sp³-hybridized carbons (Fsp3) is 0.231. The van der Waals surface area contributed by atoms with Crippen molar-refractivity contribution < 1.29 is 18.6 Å². The Balaban J connectivity index is 1.77. The number of rotatable bonds is 6. The zero-order chi connectivity index (χ0) is 15.2. The second-order valence-corrected chi connectivity index (χ2v) is 4.58. The first-order valence-corrected chi connectivity index (χ1v) is 6.39. The Labute approximate surface area is 124 Å². The van der Waals surface area contributed by atoms with Crippen LogP contribution in [0.3, 0.4) is 0 Å². The molecule has 0 amide bonds. The number of aliphatic hydroxyl groups excluding tert-OH is 1. The summed E-state index contributed by atoms with van der Waals surface area (Å²) in [6.07, 6.45) is 1.96. The minimum atomic E-state index is -1.00. The van der Waals surface area contributed by atoms with Gasteiger partial charge < -0.3 is 15.2 Å². The molecule has 2 aromatic rings. The maximum Gasteiger partial charge on any atom is 0.222 e. The molecule has 0 aliphatic heterocycles. The third kappa shape index (κ3) is 4.80. The summed E-state index contributed by atoms with van der Waals surface area (Å²) in [5.74, 6) is -1.51. The number of hydrogen-bond acceptors (Lipinski definition) is 5. The van der Waals surface area contributed by atoms with Crippen molar-refractivity contribution in [3.8, 4) is 5.75 Å². The van der Waals surface area contributed by atoms with E-state index in [-0.39, 0.29) is 18.9 Å². The molecule has 21 heavy (non-hydrogen) atoms. The largest absolute Gasteiger partial charge is 0.491 e. The van der Waals surface area contributed by atoms with Crippen LogP contribution in [0.4, 0.5) is 14.7 Å². The SMILES string of the molecule is OC(CNc1ncc(Cl)cn1)COc1ccc(F)c(F)c1. The lowest BCUT2D eigenvalue weighted by Gasteiger charge is -2.13. The monoisotopic (exact) mass is 315 g/mol. The average Bonchev–Trinajstić information content (AvgIpc) is 2.48. The van der Waals surface area contributed by atoms with E-state index in [0.717, 1.165) is 12.1 Å². The molecule has 1 aromatic heterocycles. The second-order valence-electron chi connectivity index (χ2n) is 4.15. The van der Waals surface area contributed by atoms with E-state index in [9.17, 15) is 13.9 Å². The van der Waals surface area contributed by atoms with Crippen LogP contribution >= 0.6 is 11.6 Å². The topological polar surface area (TPSA) is 67.3 Å². The van der Waals surface area contributed by atoms with Crippen molar-refractivity contribution in [2.24, 2.45) is 0 Å². The third-order valence-electron chi connectivity index (χ3n) is 2.45. The third-order valence-corrected chi connectivity index (χ3v) is 2.64. The van der Waals surface area contributed by atoms with Gasteiger partial charge in [-0.05, 0) is 12.1 Å². The van der Waals surface area contributed by atoms with Crippen molar-refractivity contribution in [2.75, 3.05) is 18.5 Å². The summed E-state index contributed by atoms with van der Waals surface area (Å²) in [5.41, 5.74) is 0. The predicted octanol–water partition coefficient (Wildman–Crippen LogP) is 2.26. The van der Waals surface area contributed by atoms with Gasteiger partial charge in [0.25, 0.3) is 0 Å². The molecular weight excluding hydrogens is 304 g/mol. The van der Waals surface area contributed by atoms with Gasteiger partial charge in [0.15, 0.2) is 11.6 Å². The van der Waals surface area contributed by atoms with Gasteiger partial charge >= 0.3 is 0 Å². The molecule has 0 spiro atoms. The first-order chi connectivity index (χ1) is 10.0. The van der Waals surface area contributed by atoms with Crippen molar-refractivity contribution in [3.63, 3.8) is 0 Å². The van der Waals surface area contributed by atoms with Crippen LogP contribution in [-0.2, 0) is 0 Å². The van der Waals surface area contributed by atoms with Crippen LogP contribution in [0, 0.1) is 11.6 Å². The molecule has 0 saturated carbocycles. The number of ether oxygens (including phenoxy) is 1. The predicted molar refractivity (Wildman–Crippen MR) is 73.4 cm³/mol. The Bertz CT molecular complexity index is 598. The van der Waals surface area contributed by atoms with Gasteiger partial charge in [-0.3, -0.25) is 0 Å². The Hall–Kier alpha value is -1.99. The van der Waals surface area contributed by atoms with Crippen molar-refractivity contribution in [3.05, 3.63) is 47.2 Å². The van der Waals surface area contributed by atoms with Gasteiger partial charge in [-0.25, -0.2) is 18.7 Å². The molecule has 8 heteroatoms. The average molecular weight is 316 g/mol. The van der Waals surface area contributed by atoms with E-state index in [1.807, 2.05) is 0 Å². The van der Waals surface area contributed by atoms with Gasteiger partial charge in [0.2, 0.25) is 5.95 Å². The van der Waals surface area contributed by atoms with Crippen LogP contribution in [0.5, 0.6) is 5.75 Å². The van der Waals surface area contributed by atoms with Crippen molar-refractivity contribution in [2.45, 2.75) is 6.10 Å². The van der Waals surface area contributed by atoms with Gasteiger partial charge in [-0.2, -0.15) is 0 Å². The number of nitrogens with zero attached hydrogens (tertiary/aromatic N) is 2. The standard InChI is InChI=1S/C13H12ClF2N3O2/c14-8-4-17-13(18-5-8)19-6-9(20)7-21-10-1-2-11(15)12(16)3-10/h1-5,9,20H,6-7H2,(H,17,18,19). The molecule has 112 valence electrons. The van der Waals surface area contributed by atoms with Crippen molar-refractivity contribution in [1.29, 1.82) is 0 Å². The van der Waals surface area contributed by atoms with E-state index in [1.165, 1.54) is 18.5 Å². The Kier molecular flexibility index (Phi) is 5.24. The highest BCUT2D eigenvalue weighted by Crippen LogP contribution is 2.15. The molecule has 2 N–H and O–H groups in total. The summed E-state index contributed by atoms with van der Waals surface area (Å²) in [7, 11) is 0. The molecule has 1 heterocycles. The number of benzene rings is 1. The summed E-state index contributed by atoms with van der Waals surface area (Å²) < 4.78 is 30.8. The van der Waals surface area contributed by atoms with Crippen LogP contribution in [-0.4, -0.2) is 34.3 Å². The molecule has 0 aliphatic carbocycles. The molecule has 1 atom stereocenters. The number of hydrogen-bond donors (Lipinski definition) is 2. The van der Waals surface area contributed by atoms with Crippen molar-refractivity contribution in [1.82, 2.24) is 9.97 Å². The van der Waals surface area contributed by atoms with Crippen LogP contribution in [0.25, 0.3) is 0 Å². The molecule has 1 aromatic carbocycles. The van der Waals surface area contributed by atoms with Crippen LogP contribution in [0.1, 0.15) is 0 Å². The maximum absolute atomic E-state index is 12.9. The summed E-state index contributed by atoms with van der Waals surface area (Å²) in [6, 6.07) is 3.15. The molecule has 0 radical (unpaired) electrons. The Morgan fingerprint density at radius 1 is 1.24 bits per heavy atom. The minimum Gasteiger partial charge on any atom is -0.491 e. The van der Waals surface area contributed by atoms with Crippen LogP contribution in [0.15, 0.2) is 30.6 Å². The van der Waals surface area contributed by atoms with Crippen LogP contribution < -0.4 is 10.1 Å². The fourth-order valence-corrected chi connectivity index (χ4v) is 1.53. The number of aromatic nitrogens is 2. The van der Waals surface area contributed by atoms with Gasteiger partial charge in [-0.1, -0.05) is 11.6 Å². The normalized spacial score (nSPS) is 12.0. The summed E-state index contributed by atoms with van der Waals surface area (Å²) >= 11 is 5.64. The van der Waals surface area contributed by atoms with E-state index < -0.39 is 17.7 Å². The quantitative estimate of drug-likeness (QED) is 0.856. The van der Waals surface area contributed by atoms with Crippen LogP contribution in [0.2, 0.25) is 5.02 Å². The molecular formula is C13H12ClF2N3O2. The molecule has 0 fully saturated rings. The lowest BCUT2D eigenvalue weighted by molar-refractivity contribution is 0.117. The highest BCUT2D eigenvalue weighted by atomic mass is 35.5. The van der Waals surface area contributed by atoms with Gasteiger partial charge in [0.05, 0.1) is 17.4 Å². The van der Waals surface area contributed by atoms with Gasteiger partial charge in [0, 0.05) is 12.6 Å². The van der Waals surface area contributed by atoms with E-state index in [0.29, 0.717) is 11.0 Å². The Morgan fingerprint density at radius 3 is 2.62 bits per heavy atom. The highest BCUT2D eigenvalue weighted by Gasteiger charge is 2.08. The lowest BCUT2D eigenvalue weighted by Crippen LogP contribution is -2.26. The van der Waals surface area contributed by atoms with Gasteiger partial charge in [-0.15, -0.1) is 0 Å². The van der Waals surface area contributed by atoms with Gasteiger partial charge in [0.1, 0.15) is 18.5 Å². The number of aliphatic hydroxyl groups is 1. The number of anilines is 1. The Morgan fingerprint density at radius 2 is 1.95 bits per heavy atom. The molecule has 1 unspecified atom stereocenters. The minimum absolute atomic E-state index is 0.0916. The number of halogens is 3.